The number of halogens is 1. The minimum absolute atomic E-state index is 0. The van der Waals surface area contributed by atoms with E-state index in [1.807, 2.05) is 39.0 Å². The number of nitrogens with one attached hydrogen (secondary N) is 3. The first-order chi connectivity index (χ1) is 14.9. The summed E-state index contributed by atoms with van der Waals surface area (Å²) in [6.45, 7) is 8.31. The molecule has 0 fully saturated rings. The molecule has 0 aliphatic heterocycles. The molecule has 0 bridgehead atoms. The Bertz CT molecular complexity index is 821. The van der Waals surface area contributed by atoms with E-state index in [9.17, 15) is 4.79 Å². The smallest absolute Gasteiger partial charge is 0.407 e. The van der Waals surface area contributed by atoms with Crippen LogP contribution in [0.4, 0.5) is 4.79 Å². The average Bonchev–Trinajstić information content (AvgIpc) is 2.74. The van der Waals surface area contributed by atoms with Crippen molar-refractivity contribution in [1.29, 1.82) is 0 Å². The van der Waals surface area contributed by atoms with E-state index in [1.54, 1.807) is 7.05 Å². The van der Waals surface area contributed by atoms with Crippen LogP contribution in [0.25, 0.3) is 0 Å². The molecule has 0 atom stereocenters. The minimum atomic E-state index is -0.501. The maximum atomic E-state index is 11.6. The van der Waals surface area contributed by atoms with Crippen molar-refractivity contribution >= 4 is 36.0 Å². The molecule has 0 aromatic heterocycles. The molecule has 2 rings (SSSR count). The number of benzene rings is 2. The second kappa shape index (κ2) is 14.7. The molecule has 0 unspecified atom stereocenters. The number of amides is 1. The normalized spacial score (nSPS) is 11.3. The number of carbonyl (C=O) groups is 1. The zero-order chi connectivity index (χ0) is 22.5. The van der Waals surface area contributed by atoms with Crippen molar-refractivity contribution in [2.24, 2.45) is 4.99 Å². The molecule has 0 saturated carbocycles. The number of guanidine groups is 1. The lowest BCUT2D eigenvalue weighted by Crippen LogP contribution is -2.42. The second-order valence-corrected chi connectivity index (χ2v) is 8.08. The molecule has 0 aliphatic rings. The first-order valence-corrected chi connectivity index (χ1v) is 10.5. The van der Waals surface area contributed by atoms with E-state index < -0.39 is 11.7 Å². The Morgan fingerprint density at radius 2 is 1.41 bits per heavy atom. The first-order valence-electron chi connectivity index (χ1n) is 10.5. The summed E-state index contributed by atoms with van der Waals surface area (Å²) in [6, 6.07) is 18.4. The van der Waals surface area contributed by atoms with Crippen LogP contribution in [0, 0.1) is 0 Å². The Balaban J connectivity index is 0.00000512. The van der Waals surface area contributed by atoms with Crippen LogP contribution in [-0.4, -0.2) is 37.8 Å². The first kappa shape index (κ1) is 27.7. The molecule has 7 nitrogen and oxygen atoms in total. The number of nitrogens with zero attached hydrogens (tertiary/aromatic N) is 1. The summed E-state index contributed by atoms with van der Waals surface area (Å²) in [7, 11) is 1.71. The van der Waals surface area contributed by atoms with Gasteiger partial charge in [-0.2, -0.15) is 0 Å². The standard InChI is InChI=1S/C24H34N4O3.HI/c1-24(2,3)31-23(29)27-15-14-26-22(25-4)28-16-19-10-12-21(13-11-19)18-30-17-20-8-6-5-7-9-20;/h5-13H,14-18H2,1-4H3,(H,27,29)(H2,25,26,28);1H. The van der Waals surface area contributed by atoms with Crippen molar-refractivity contribution in [2.75, 3.05) is 20.1 Å². The van der Waals surface area contributed by atoms with Crippen LogP contribution in [0.5, 0.6) is 0 Å². The van der Waals surface area contributed by atoms with Gasteiger partial charge in [0.2, 0.25) is 0 Å². The van der Waals surface area contributed by atoms with Gasteiger partial charge in [-0.05, 0) is 37.5 Å². The monoisotopic (exact) mass is 554 g/mol. The van der Waals surface area contributed by atoms with E-state index in [0.29, 0.717) is 38.8 Å². The van der Waals surface area contributed by atoms with Crippen LogP contribution >= 0.6 is 24.0 Å². The Kier molecular flexibility index (Phi) is 12.7. The average molecular weight is 554 g/mol. The summed E-state index contributed by atoms with van der Waals surface area (Å²) in [5.74, 6) is 0.668. The number of aliphatic imine (C=N–C) groups is 1. The van der Waals surface area contributed by atoms with Gasteiger partial charge >= 0.3 is 6.09 Å². The highest BCUT2D eigenvalue weighted by Gasteiger charge is 2.15. The molecule has 32 heavy (non-hydrogen) atoms. The van der Waals surface area contributed by atoms with Gasteiger partial charge in [-0.1, -0.05) is 54.6 Å². The van der Waals surface area contributed by atoms with Crippen molar-refractivity contribution < 1.29 is 14.3 Å². The van der Waals surface area contributed by atoms with E-state index in [-0.39, 0.29) is 24.0 Å². The van der Waals surface area contributed by atoms with Gasteiger partial charge in [0.05, 0.1) is 13.2 Å². The van der Waals surface area contributed by atoms with Crippen molar-refractivity contribution in [1.82, 2.24) is 16.0 Å². The minimum Gasteiger partial charge on any atom is -0.444 e. The topological polar surface area (TPSA) is 84.0 Å². The Labute approximate surface area is 208 Å². The summed E-state index contributed by atoms with van der Waals surface area (Å²) in [4.78, 5) is 15.8. The van der Waals surface area contributed by atoms with Crippen LogP contribution in [-0.2, 0) is 29.2 Å². The summed E-state index contributed by atoms with van der Waals surface area (Å²) in [6.07, 6.45) is -0.426. The zero-order valence-corrected chi connectivity index (χ0v) is 21.6. The summed E-state index contributed by atoms with van der Waals surface area (Å²) < 4.78 is 11.0. The number of hydrogen-bond donors (Lipinski definition) is 3. The highest BCUT2D eigenvalue weighted by Crippen LogP contribution is 2.08. The van der Waals surface area contributed by atoms with Crippen LogP contribution in [0.1, 0.15) is 37.5 Å². The van der Waals surface area contributed by atoms with Gasteiger partial charge in [0.25, 0.3) is 0 Å². The summed E-state index contributed by atoms with van der Waals surface area (Å²) in [5, 5.41) is 9.13. The van der Waals surface area contributed by atoms with Gasteiger partial charge in [-0.25, -0.2) is 4.79 Å². The van der Waals surface area contributed by atoms with Crippen LogP contribution in [0.3, 0.4) is 0 Å². The molecular weight excluding hydrogens is 519 g/mol. The fourth-order valence-electron chi connectivity index (χ4n) is 2.68. The molecule has 3 N–H and O–H groups in total. The largest absolute Gasteiger partial charge is 0.444 e. The lowest BCUT2D eigenvalue weighted by Gasteiger charge is -2.20. The number of hydrogen-bond acceptors (Lipinski definition) is 4. The third-order valence-corrected chi connectivity index (χ3v) is 4.17. The number of rotatable bonds is 9. The highest BCUT2D eigenvalue weighted by molar-refractivity contribution is 14.0. The number of alkyl carbamates (subject to hydrolysis) is 1. The van der Waals surface area contributed by atoms with E-state index in [1.165, 1.54) is 5.56 Å². The Hall–Kier alpha value is -2.33. The van der Waals surface area contributed by atoms with Crippen molar-refractivity contribution in [2.45, 2.75) is 46.1 Å². The molecule has 0 saturated heterocycles. The van der Waals surface area contributed by atoms with Crippen LogP contribution in [0.2, 0.25) is 0 Å². The molecule has 0 radical (unpaired) electrons. The molecule has 1 amide bonds. The SMILES string of the molecule is CN=C(NCCNC(=O)OC(C)(C)C)NCc1ccc(COCc2ccccc2)cc1.I. The van der Waals surface area contributed by atoms with Crippen LogP contribution in [0.15, 0.2) is 59.6 Å². The van der Waals surface area contributed by atoms with E-state index >= 15 is 0 Å². The van der Waals surface area contributed by atoms with Gasteiger partial charge in [0.15, 0.2) is 5.96 Å². The Morgan fingerprint density at radius 3 is 2.00 bits per heavy atom. The van der Waals surface area contributed by atoms with E-state index in [0.717, 1.165) is 11.1 Å². The predicted molar refractivity (Wildman–Crippen MR) is 139 cm³/mol. The maximum absolute atomic E-state index is 11.6. The van der Waals surface area contributed by atoms with Gasteiger partial charge in [0.1, 0.15) is 5.60 Å². The van der Waals surface area contributed by atoms with Crippen molar-refractivity contribution in [3.8, 4) is 0 Å². The quantitative estimate of drug-likeness (QED) is 0.187. The van der Waals surface area contributed by atoms with Crippen LogP contribution < -0.4 is 16.0 Å². The molecule has 0 aliphatic carbocycles. The molecule has 0 spiro atoms. The third-order valence-electron chi connectivity index (χ3n) is 4.17. The maximum Gasteiger partial charge on any atom is 0.407 e. The Morgan fingerprint density at radius 1 is 0.844 bits per heavy atom. The third kappa shape index (κ3) is 11.9. The fourth-order valence-corrected chi connectivity index (χ4v) is 2.68. The van der Waals surface area contributed by atoms with E-state index in [2.05, 4.69) is 57.3 Å². The number of ether oxygens (including phenoxy) is 2. The predicted octanol–water partition coefficient (Wildman–Crippen LogP) is 4.21. The lowest BCUT2D eigenvalue weighted by atomic mass is 10.1. The lowest BCUT2D eigenvalue weighted by molar-refractivity contribution is 0.0529. The summed E-state index contributed by atoms with van der Waals surface area (Å²) in [5.41, 5.74) is 2.94. The highest BCUT2D eigenvalue weighted by atomic mass is 127. The van der Waals surface area contributed by atoms with Gasteiger partial charge in [0, 0.05) is 26.7 Å². The fraction of sp³-hybridized carbons (Fsp3) is 0.417. The molecule has 0 heterocycles. The zero-order valence-electron chi connectivity index (χ0n) is 19.3. The van der Waals surface area contributed by atoms with Gasteiger partial charge < -0.3 is 25.4 Å². The van der Waals surface area contributed by atoms with E-state index in [4.69, 9.17) is 9.47 Å². The molecule has 8 heteroatoms. The van der Waals surface area contributed by atoms with Gasteiger partial charge in [-0.15, -0.1) is 24.0 Å². The molecular formula is C24H35IN4O3. The summed E-state index contributed by atoms with van der Waals surface area (Å²) >= 11 is 0. The molecule has 176 valence electrons. The van der Waals surface area contributed by atoms with Crippen molar-refractivity contribution in [3.05, 3.63) is 71.3 Å². The van der Waals surface area contributed by atoms with Gasteiger partial charge in [-0.3, -0.25) is 4.99 Å². The second-order valence-electron chi connectivity index (χ2n) is 8.08. The molecule has 2 aromatic carbocycles. The molecule has 2 aromatic rings. The van der Waals surface area contributed by atoms with Crippen molar-refractivity contribution in [3.63, 3.8) is 0 Å². The number of carbonyl (C=O) groups excluding carboxylic acids is 1.